The van der Waals surface area contributed by atoms with Crippen molar-refractivity contribution < 1.29 is 0 Å². The van der Waals surface area contributed by atoms with Crippen molar-refractivity contribution in [2.75, 3.05) is 0 Å². The molecule has 0 fully saturated rings. The molecule has 0 heterocycles. The van der Waals surface area contributed by atoms with Crippen LogP contribution in [-0.2, 0) is 3.79 Å². The molecule has 0 atom stereocenters. The average molecular weight is 350 g/mol. The van der Waals surface area contributed by atoms with Crippen LogP contribution in [0.2, 0.25) is 0 Å². The Balaban J connectivity index is 2.40. The zero-order valence-electron chi connectivity index (χ0n) is 8.63. The Kier molecular flexibility index (Phi) is 4.04. The Labute approximate surface area is 124 Å². The van der Waals surface area contributed by atoms with Crippen LogP contribution in [-0.4, -0.2) is 0 Å². The summed E-state index contributed by atoms with van der Waals surface area (Å²) < 4.78 is -0.325. The lowest BCUT2D eigenvalue weighted by Crippen LogP contribution is -1.99. The molecule has 2 rings (SSSR count). The van der Waals surface area contributed by atoms with E-state index >= 15 is 0 Å². The topological polar surface area (TPSA) is 0 Å². The predicted molar refractivity (Wildman–Crippen MR) is 78.8 cm³/mol. The maximum atomic E-state index is 5.81. The normalized spacial score (nSPS) is 11.5. The summed E-state index contributed by atoms with van der Waals surface area (Å²) in [5.41, 5.74) is 2.86. The third kappa shape index (κ3) is 3.17. The molecule has 0 aromatic heterocycles. The van der Waals surface area contributed by atoms with Crippen molar-refractivity contribution in [3.8, 4) is 11.1 Å². The minimum atomic E-state index is -1.37. The Bertz CT molecular complexity index is 515. The molecule has 2 aromatic rings. The van der Waals surface area contributed by atoms with Gasteiger partial charge >= 0.3 is 0 Å². The fraction of sp³-hybridized carbons (Fsp3) is 0.0769. The van der Waals surface area contributed by atoms with E-state index in [2.05, 4.69) is 15.9 Å². The molecule has 0 aliphatic heterocycles. The summed E-state index contributed by atoms with van der Waals surface area (Å²) in [4.78, 5) is 0. The lowest BCUT2D eigenvalue weighted by molar-refractivity contribution is 1.24. The number of alkyl halides is 3. The minimum absolute atomic E-state index is 0.665. The second-order valence-electron chi connectivity index (χ2n) is 3.55. The van der Waals surface area contributed by atoms with Crippen molar-refractivity contribution in [1.29, 1.82) is 0 Å². The van der Waals surface area contributed by atoms with Crippen molar-refractivity contribution >= 4 is 50.7 Å². The van der Waals surface area contributed by atoms with Gasteiger partial charge in [-0.2, -0.15) is 0 Å². The van der Waals surface area contributed by atoms with Gasteiger partial charge in [-0.3, -0.25) is 0 Å². The zero-order chi connectivity index (χ0) is 12.5. The third-order valence-electron chi connectivity index (χ3n) is 2.40. The molecular formula is C13H8BrCl3. The van der Waals surface area contributed by atoms with E-state index in [-0.39, 0.29) is 0 Å². The molecule has 0 bridgehead atoms. The van der Waals surface area contributed by atoms with E-state index in [1.54, 1.807) is 0 Å². The first-order chi connectivity index (χ1) is 7.98. The second kappa shape index (κ2) is 5.19. The fourth-order valence-corrected chi connectivity index (χ4v) is 2.43. The van der Waals surface area contributed by atoms with Crippen LogP contribution < -0.4 is 0 Å². The molecule has 4 heteroatoms. The van der Waals surface area contributed by atoms with E-state index < -0.39 is 3.79 Å². The lowest BCUT2D eigenvalue weighted by Gasteiger charge is -2.12. The van der Waals surface area contributed by atoms with Crippen molar-refractivity contribution in [3.63, 3.8) is 0 Å². The zero-order valence-corrected chi connectivity index (χ0v) is 12.5. The maximum Gasteiger partial charge on any atom is 0.216 e. The first-order valence-corrected chi connectivity index (χ1v) is 6.83. The van der Waals surface area contributed by atoms with E-state index in [0.29, 0.717) is 5.56 Å². The summed E-state index contributed by atoms with van der Waals surface area (Å²) >= 11 is 20.9. The molecule has 0 nitrogen and oxygen atoms in total. The molecule has 88 valence electrons. The van der Waals surface area contributed by atoms with E-state index in [9.17, 15) is 0 Å². The van der Waals surface area contributed by atoms with Crippen LogP contribution in [0.25, 0.3) is 11.1 Å². The highest BCUT2D eigenvalue weighted by Gasteiger charge is 2.22. The molecular weight excluding hydrogens is 342 g/mol. The monoisotopic (exact) mass is 348 g/mol. The smallest absolute Gasteiger partial charge is 0.0784 e. The van der Waals surface area contributed by atoms with Gasteiger partial charge < -0.3 is 0 Å². The van der Waals surface area contributed by atoms with Gasteiger partial charge in [-0.25, -0.2) is 0 Å². The van der Waals surface area contributed by atoms with E-state index in [1.165, 1.54) is 0 Å². The highest BCUT2D eigenvalue weighted by molar-refractivity contribution is 9.10. The van der Waals surface area contributed by atoms with E-state index in [0.717, 1.165) is 15.6 Å². The summed E-state index contributed by atoms with van der Waals surface area (Å²) in [6, 6.07) is 15.5. The van der Waals surface area contributed by atoms with Crippen LogP contribution in [0, 0.1) is 0 Å². The number of rotatable bonds is 1. The third-order valence-corrected chi connectivity index (χ3v) is 3.74. The van der Waals surface area contributed by atoms with Crippen LogP contribution in [0.1, 0.15) is 5.56 Å². The van der Waals surface area contributed by atoms with Gasteiger partial charge in [-0.15, -0.1) is 0 Å². The van der Waals surface area contributed by atoms with Gasteiger partial charge in [0.2, 0.25) is 3.79 Å². The van der Waals surface area contributed by atoms with Crippen molar-refractivity contribution in [2.24, 2.45) is 0 Å². The van der Waals surface area contributed by atoms with Gasteiger partial charge in [0.25, 0.3) is 0 Å². The molecule has 0 radical (unpaired) electrons. The van der Waals surface area contributed by atoms with Gasteiger partial charge in [0.1, 0.15) is 0 Å². The second-order valence-corrected chi connectivity index (χ2v) is 6.69. The van der Waals surface area contributed by atoms with Crippen LogP contribution in [0.5, 0.6) is 0 Å². The molecule has 2 aromatic carbocycles. The van der Waals surface area contributed by atoms with Gasteiger partial charge in [-0.1, -0.05) is 93.2 Å². The molecule has 0 saturated carbocycles. The average Bonchev–Trinajstić information content (AvgIpc) is 2.29. The summed E-state index contributed by atoms with van der Waals surface area (Å²) in [5, 5.41) is 0. The first-order valence-electron chi connectivity index (χ1n) is 4.90. The first kappa shape index (κ1) is 13.2. The predicted octanol–water partition coefficient (Wildman–Crippen LogP) is 5.94. The Morgan fingerprint density at radius 3 is 1.94 bits per heavy atom. The van der Waals surface area contributed by atoms with Crippen LogP contribution in [0.15, 0.2) is 53.0 Å². The number of benzene rings is 2. The van der Waals surface area contributed by atoms with Crippen LogP contribution in [0.3, 0.4) is 0 Å². The van der Waals surface area contributed by atoms with Gasteiger partial charge in [0.15, 0.2) is 0 Å². The standard InChI is InChI=1S/C13H8BrCl3/c14-12-4-2-1-3-11(12)9-5-7-10(8-6-9)13(15,16)17/h1-8H. The van der Waals surface area contributed by atoms with Gasteiger partial charge in [-0.05, 0) is 17.2 Å². The fourth-order valence-electron chi connectivity index (χ4n) is 1.53. The van der Waals surface area contributed by atoms with Gasteiger partial charge in [0.05, 0.1) is 0 Å². The van der Waals surface area contributed by atoms with Crippen LogP contribution >= 0.6 is 50.7 Å². The maximum absolute atomic E-state index is 5.81. The summed E-state index contributed by atoms with van der Waals surface area (Å²) in [6.45, 7) is 0. The molecule has 0 spiro atoms. The molecule has 0 aliphatic rings. The molecule has 0 amide bonds. The molecule has 0 saturated heterocycles. The highest BCUT2D eigenvalue weighted by Crippen LogP contribution is 2.39. The minimum Gasteiger partial charge on any atom is -0.0784 e. The lowest BCUT2D eigenvalue weighted by atomic mass is 10.0. The molecule has 0 unspecified atom stereocenters. The molecule has 0 aliphatic carbocycles. The Hall–Kier alpha value is -0.210. The number of halogens is 4. The van der Waals surface area contributed by atoms with E-state index in [4.69, 9.17) is 34.8 Å². The molecule has 17 heavy (non-hydrogen) atoms. The molecule has 0 N–H and O–H groups in total. The SMILES string of the molecule is ClC(Cl)(Cl)c1ccc(-c2ccccc2Br)cc1. The van der Waals surface area contributed by atoms with Crippen molar-refractivity contribution in [1.82, 2.24) is 0 Å². The van der Waals surface area contributed by atoms with Crippen molar-refractivity contribution in [2.45, 2.75) is 3.79 Å². The van der Waals surface area contributed by atoms with Gasteiger partial charge in [0, 0.05) is 10.0 Å². The number of hydrogen-bond acceptors (Lipinski definition) is 0. The van der Waals surface area contributed by atoms with E-state index in [1.807, 2.05) is 48.5 Å². The quantitative estimate of drug-likeness (QED) is 0.558. The Morgan fingerprint density at radius 2 is 1.41 bits per heavy atom. The highest BCUT2D eigenvalue weighted by atomic mass is 79.9. The summed E-state index contributed by atoms with van der Waals surface area (Å²) in [6.07, 6.45) is 0. The van der Waals surface area contributed by atoms with Crippen molar-refractivity contribution in [3.05, 3.63) is 58.6 Å². The number of hydrogen-bond donors (Lipinski definition) is 0. The largest absolute Gasteiger partial charge is 0.216 e. The summed E-state index contributed by atoms with van der Waals surface area (Å²) in [7, 11) is 0. The summed E-state index contributed by atoms with van der Waals surface area (Å²) in [5.74, 6) is 0. The van der Waals surface area contributed by atoms with Crippen LogP contribution in [0.4, 0.5) is 0 Å². The Morgan fingerprint density at radius 1 is 0.824 bits per heavy atom.